The standard InChI is InChI=1S/C14H19NO2S/c1-14(17-2)7-4-8-15(10-14)13(16)11-5-3-6-12(18)9-11/h3,5-6,9,18H,4,7-8,10H2,1-2H3. The second-order valence-electron chi connectivity index (χ2n) is 5.03. The van der Waals surface area contributed by atoms with E-state index in [-0.39, 0.29) is 11.5 Å². The lowest BCUT2D eigenvalue weighted by atomic mass is 9.94. The summed E-state index contributed by atoms with van der Waals surface area (Å²) in [6, 6.07) is 7.37. The van der Waals surface area contributed by atoms with Crippen LogP contribution in [0.25, 0.3) is 0 Å². The van der Waals surface area contributed by atoms with E-state index in [0.29, 0.717) is 12.1 Å². The first-order valence-electron chi connectivity index (χ1n) is 6.17. The molecule has 0 radical (unpaired) electrons. The van der Waals surface area contributed by atoms with Crippen LogP contribution < -0.4 is 0 Å². The Morgan fingerprint density at radius 2 is 2.28 bits per heavy atom. The molecule has 1 saturated heterocycles. The third kappa shape index (κ3) is 2.87. The number of thiol groups is 1. The van der Waals surface area contributed by atoms with Crippen LogP contribution in [0.1, 0.15) is 30.1 Å². The van der Waals surface area contributed by atoms with Crippen LogP contribution in [-0.2, 0) is 4.74 Å². The number of ether oxygens (including phenoxy) is 1. The summed E-state index contributed by atoms with van der Waals surface area (Å²) in [7, 11) is 1.71. The molecule has 98 valence electrons. The van der Waals surface area contributed by atoms with Crippen molar-refractivity contribution in [3.8, 4) is 0 Å². The number of hydrogen-bond acceptors (Lipinski definition) is 3. The molecule has 0 aromatic heterocycles. The molecule has 1 fully saturated rings. The van der Waals surface area contributed by atoms with Gasteiger partial charge >= 0.3 is 0 Å². The molecule has 18 heavy (non-hydrogen) atoms. The van der Waals surface area contributed by atoms with Gasteiger partial charge in [-0.2, -0.15) is 0 Å². The molecule has 0 spiro atoms. The predicted molar refractivity (Wildman–Crippen MR) is 74.2 cm³/mol. The zero-order valence-corrected chi connectivity index (χ0v) is 11.7. The van der Waals surface area contributed by atoms with Crippen molar-refractivity contribution in [1.29, 1.82) is 0 Å². The molecule has 0 N–H and O–H groups in total. The summed E-state index contributed by atoms with van der Waals surface area (Å²) >= 11 is 4.27. The fourth-order valence-electron chi connectivity index (χ4n) is 2.37. The molecule has 3 nitrogen and oxygen atoms in total. The number of benzene rings is 1. The molecule has 1 unspecified atom stereocenters. The highest BCUT2D eigenvalue weighted by atomic mass is 32.1. The first kappa shape index (κ1) is 13.4. The van der Waals surface area contributed by atoms with Crippen molar-refractivity contribution in [3.05, 3.63) is 29.8 Å². The summed E-state index contributed by atoms with van der Waals surface area (Å²) in [6.07, 6.45) is 1.98. The van der Waals surface area contributed by atoms with E-state index in [9.17, 15) is 4.79 Å². The van der Waals surface area contributed by atoms with Crippen LogP contribution in [0, 0.1) is 0 Å². The van der Waals surface area contributed by atoms with Gasteiger partial charge in [0.1, 0.15) is 0 Å². The zero-order chi connectivity index (χ0) is 13.2. The molecule has 1 aliphatic heterocycles. The number of carbonyl (C=O) groups excluding carboxylic acids is 1. The number of carbonyl (C=O) groups is 1. The lowest BCUT2D eigenvalue weighted by Gasteiger charge is -2.39. The maximum atomic E-state index is 12.4. The summed E-state index contributed by atoms with van der Waals surface area (Å²) < 4.78 is 5.51. The van der Waals surface area contributed by atoms with Crippen molar-refractivity contribution < 1.29 is 9.53 Å². The van der Waals surface area contributed by atoms with Gasteiger partial charge in [0.2, 0.25) is 0 Å². The molecule has 0 aliphatic carbocycles. The third-order valence-electron chi connectivity index (χ3n) is 3.53. The third-order valence-corrected chi connectivity index (χ3v) is 3.81. The SMILES string of the molecule is COC1(C)CCCN(C(=O)c2cccc(S)c2)C1. The second kappa shape index (κ2) is 5.33. The zero-order valence-electron chi connectivity index (χ0n) is 10.8. The highest BCUT2D eigenvalue weighted by Gasteiger charge is 2.33. The Balaban J connectivity index is 2.14. The van der Waals surface area contributed by atoms with Gasteiger partial charge in [0.05, 0.1) is 5.60 Å². The van der Waals surface area contributed by atoms with E-state index >= 15 is 0 Å². The first-order valence-corrected chi connectivity index (χ1v) is 6.62. The van der Waals surface area contributed by atoms with Crippen LogP contribution in [0.2, 0.25) is 0 Å². The van der Waals surface area contributed by atoms with Gasteiger partial charge < -0.3 is 9.64 Å². The number of likely N-dealkylation sites (tertiary alicyclic amines) is 1. The van der Waals surface area contributed by atoms with Crippen LogP contribution >= 0.6 is 12.6 Å². The van der Waals surface area contributed by atoms with Crippen LogP contribution in [0.5, 0.6) is 0 Å². The van der Waals surface area contributed by atoms with Gasteiger partial charge in [0, 0.05) is 30.7 Å². The molecule has 1 atom stereocenters. The van der Waals surface area contributed by atoms with E-state index in [2.05, 4.69) is 19.6 Å². The molecule has 2 rings (SSSR count). The molecule has 0 saturated carbocycles. The molecule has 1 heterocycles. The Morgan fingerprint density at radius 1 is 1.50 bits per heavy atom. The summed E-state index contributed by atoms with van der Waals surface area (Å²) in [5, 5.41) is 0. The monoisotopic (exact) mass is 265 g/mol. The average molecular weight is 265 g/mol. The second-order valence-corrected chi connectivity index (χ2v) is 5.55. The Morgan fingerprint density at radius 3 is 2.94 bits per heavy atom. The smallest absolute Gasteiger partial charge is 0.253 e. The predicted octanol–water partition coefficient (Wildman–Crippen LogP) is 2.62. The Hall–Kier alpha value is -1.00. The van der Waals surface area contributed by atoms with E-state index < -0.39 is 0 Å². The number of hydrogen-bond donors (Lipinski definition) is 1. The number of methoxy groups -OCH3 is 1. The van der Waals surface area contributed by atoms with Gasteiger partial charge in [-0.3, -0.25) is 4.79 Å². The van der Waals surface area contributed by atoms with Gasteiger partial charge in [-0.05, 0) is 38.0 Å². The van der Waals surface area contributed by atoms with Crippen molar-refractivity contribution >= 4 is 18.5 Å². The summed E-state index contributed by atoms with van der Waals surface area (Å²) in [4.78, 5) is 15.1. The molecule has 1 amide bonds. The van der Waals surface area contributed by atoms with E-state index in [1.54, 1.807) is 7.11 Å². The maximum absolute atomic E-state index is 12.4. The van der Waals surface area contributed by atoms with Crippen molar-refractivity contribution in [3.63, 3.8) is 0 Å². The highest BCUT2D eigenvalue weighted by molar-refractivity contribution is 7.80. The van der Waals surface area contributed by atoms with E-state index in [4.69, 9.17) is 4.74 Å². The van der Waals surface area contributed by atoms with Gasteiger partial charge in [0.25, 0.3) is 5.91 Å². The van der Waals surface area contributed by atoms with Crippen molar-refractivity contribution in [2.24, 2.45) is 0 Å². The normalized spacial score (nSPS) is 24.1. The van der Waals surface area contributed by atoms with Crippen LogP contribution in [0.4, 0.5) is 0 Å². The number of nitrogens with zero attached hydrogens (tertiary/aromatic N) is 1. The van der Waals surface area contributed by atoms with Gasteiger partial charge in [-0.15, -0.1) is 12.6 Å². The van der Waals surface area contributed by atoms with Crippen LogP contribution in [0.15, 0.2) is 29.2 Å². The van der Waals surface area contributed by atoms with E-state index in [0.717, 1.165) is 24.3 Å². The fraction of sp³-hybridized carbons (Fsp3) is 0.500. The summed E-state index contributed by atoms with van der Waals surface area (Å²) in [5.74, 6) is 0.0638. The minimum Gasteiger partial charge on any atom is -0.377 e. The van der Waals surface area contributed by atoms with Gasteiger partial charge in [-0.25, -0.2) is 0 Å². The Bertz CT molecular complexity index is 449. The van der Waals surface area contributed by atoms with Crippen LogP contribution in [0.3, 0.4) is 0 Å². The molecular weight excluding hydrogens is 246 g/mol. The molecule has 1 aromatic carbocycles. The lowest BCUT2D eigenvalue weighted by molar-refractivity contribution is -0.0440. The number of amides is 1. The number of piperidine rings is 1. The maximum Gasteiger partial charge on any atom is 0.253 e. The molecule has 1 aromatic rings. The van der Waals surface area contributed by atoms with Crippen molar-refractivity contribution in [2.75, 3.05) is 20.2 Å². The molecule has 1 aliphatic rings. The summed E-state index contributed by atoms with van der Waals surface area (Å²) in [6.45, 7) is 3.51. The van der Waals surface area contributed by atoms with E-state index in [1.807, 2.05) is 29.2 Å². The Labute approximate surface area is 114 Å². The van der Waals surface area contributed by atoms with E-state index in [1.165, 1.54) is 0 Å². The van der Waals surface area contributed by atoms with Gasteiger partial charge in [0.15, 0.2) is 0 Å². The van der Waals surface area contributed by atoms with Crippen LogP contribution in [-0.4, -0.2) is 36.6 Å². The largest absolute Gasteiger partial charge is 0.377 e. The molecular formula is C14H19NO2S. The minimum absolute atomic E-state index is 0.0638. The summed E-state index contributed by atoms with van der Waals surface area (Å²) in [5.41, 5.74) is 0.481. The highest BCUT2D eigenvalue weighted by Crippen LogP contribution is 2.25. The average Bonchev–Trinajstić information content (AvgIpc) is 2.38. The lowest BCUT2D eigenvalue weighted by Crippen LogP contribution is -2.49. The van der Waals surface area contributed by atoms with Crippen molar-refractivity contribution in [2.45, 2.75) is 30.3 Å². The molecule has 0 bridgehead atoms. The minimum atomic E-state index is -0.216. The Kier molecular flexibility index (Phi) is 3.97. The molecule has 4 heteroatoms. The van der Waals surface area contributed by atoms with Gasteiger partial charge in [-0.1, -0.05) is 6.07 Å². The number of rotatable bonds is 2. The van der Waals surface area contributed by atoms with Crippen molar-refractivity contribution in [1.82, 2.24) is 4.90 Å². The quantitative estimate of drug-likeness (QED) is 0.833. The fourth-order valence-corrected chi connectivity index (χ4v) is 2.59. The first-order chi connectivity index (χ1) is 8.54. The topological polar surface area (TPSA) is 29.5 Å².